The van der Waals surface area contributed by atoms with Gasteiger partial charge in [0.15, 0.2) is 5.96 Å². The second-order valence-electron chi connectivity index (χ2n) is 8.55. The first kappa shape index (κ1) is 20.8. The molecule has 1 N–H and O–H groups in total. The zero-order valence-electron chi connectivity index (χ0n) is 18.0. The lowest BCUT2D eigenvalue weighted by molar-refractivity contribution is 0.176. The Morgan fingerprint density at radius 2 is 2.00 bits per heavy atom. The molecule has 160 valence electrons. The van der Waals surface area contributed by atoms with Crippen molar-refractivity contribution in [1.29, 1.82) is 0 Å². The average Bonchev–Trinajstić information content (AvgIpc) is 3.51. The molecular formula is C22H36N6S. The number of guanidine groups is 1. The van der Waals surface area contributed by atoms with Gasteiger partial charge in [-0.2, -0.15) is 0 Å². The minimum Gasteiger partial charge on any atom is -0.356 e. The Labute approximate surface area is 179 Å². The van der Waals surface area contributed by atoms with E-state index in [1.54, 1.807) is 11.3 Å². The summed E-state index contributed by atoms with van der Waals surface area (Å²) < 4.78 is 0. The highest BCUT2D eigenvalue weighted by atomic mass is 32.1. The summed E-state index contributed by atoms with van der Waals surface area (Å²) in [4.78, 5) is 16.9. The van der Waals surface area contributed by atoms with Gasteiger partial charge < -0.3 is 10.2 Å². The maximum absolute atomic E-state index is 4.73. The first-order valence-electron chi connectivity index (χ1n) is 11.3. The summed E-state index contributed by atoms with van der Waals surface area (Å²) in [6, 6.07) is 0.672. The third-order valence-electron chi connectivity index (χ3n) is 6.58. The molecule has 0 amide bonds. The minimum absolute atomic E-state index is 0.672. The fraction of sp³-hybridized carbons (Fsp3) is 0.727. The van der Waals surface area contributed by atoms with Crippen molar-refractivity contribution in [2.45, 2.75) is 45.2 Å². The second kappa shape index (κ2) is 10.0. The highest BCUT2D eigenvalue weighted by molar-refractivity contribution is 7.09. The lowest BCUT2D eigenvalue weighted by atomic mass is 9.97. The standard InChI is InChI=1S/C22H36N6S/c1-3-21-25-19(17-29-21)15-26-11-6-18(7-12-26)14-24-22(23-2)28-13-8-20(16-28)27-9-4-5-10-27/h4-5,17-18,20H,3,6-16H2,1-2H3,(H,23,24). The van der Waals surface area contributed by atoms with Crippen molar-refractivity contribution in [3.05, 3.63) is 28.2 Å². The van der Waals surface area contributed by atoms with Crippen LogP contribution < -0.4 is 5.32 Å². The normalized spacial score (nSPS) is 24.7. The van der Waals surface area contributed by atoms with Crippen molar-refractivity contribution < 1.29 is 0 Å². The number of aliphatic imine (C=N–C) groups is 1. The topological polar surface area (TPSA) is 47.0 Å². The first-order valence-corrected chi connectivity index (χ1v) is 12.1. The molecule has 2 fully saturated rings. The molecule has 7 heteroatoms. The van der Waals surface area contributed by atoms with Gasteiger partial charge in [0.05, 0.1) is 10.7 Å². The van der Waals surface area contributed by atoms with Crippen LogP contribution in [0.3, 0.4) is 0 Å². The fourth-order valence-electron chi connectivity index (χ4n) is 4.75. The smallest absolute Gasteiger partial charge is 0.193 e. The van der Waals surface area contributed by atoms with E-state index in [-0.39, 0.29) is 0 Å². The number of aromatic nitrogens is 1. The van der Waals surface area contributed by atoms with Crippen LogP contribution in [-0.4, -0.2) is 84.5 Å². The summed E-state index contributed by atoms with van der Waals surface area (Å²) in [6.07, 6.45) is 9.40. The summed E-state index contributed by atoms with van der Waals surface area (Å²) in [5.74, 6) is 1.84. The van der Waals surface area contributed by atoms with Crippen LogP contribution in [0, 0.1) is 5.92 Å². The predicted octanol–water partition coefficient (Wildman–Crippen LogP) is 2.44. The summed E-state index contributed by atoms with van der Waals surface area (Å²) in [5, 5.41) is 7.17. The van der Waals surface area contributed by atoms with Gasteiger partial charge in [0.2, 0.25) is 0 Å². The van der Waals surface area contributed by atoms with Gasteiger partial charge in [-0.3, -0.25) is 14.8 Å². The van der Waals surface area contributed by atoms with Crippen molar-refractivity contribution in [3.63, 3.8) is 0 Å². The van der Waals surface area contributed by atoms with Gasteiger partial charge in [0, 0.05) is 57.7 Å². The lowest BCUT2D eigenvalue weighted by Gasteiger charge is -2.32. The molecular weight excluding hydrogens is 380 g/mol. The Morgan fingerprint density at radius 3 is 2.69 bits per heavy atom. The third-order valence-corrected chi connectivity index (χ3v) is 7.62. The average molecular weight is 417 g/mol. The van der Waals surface area contributed by atoms with Crippen molar-refractivity contribution in [1.82, 2.24) is 25.0 Å². The summed E-state index contributed by atoms with van der Waals surface area (Å²) in [7, 11) is 1.92. The van der Waals surface area contributed by atoms with E-state index < -0.39 is 0 Å². The van der Waals surface area contributed by atoms with Crippen molar-refractivity contribution >= 4 is 17.3 Å². The molecule has 1 aromatic rings. The number of thiazole rings is 1. The van der Waals surface area contributed by atoms with Crippen LogP contribution in [0.4, 0.5) is 0 Å². The number of nitrogens with zero attached hydrogens (tertiary/aromatic N) is 5. The predicted molar refractivity (Wildman–Crippen MR) is 122 cm³/mol. The molecule has 1 unspecified atom stereocenters. The van der Waals surface area contributed by atoms with Gasteiger partial charge in [-0.1, -0.05) is 19.1 Å². The summed E-state index contributed by atoms with van der Waals surface area (Å²) >= 11 is 1.80. The highest BCUT2D eigenvalue weighted by Crippen LogP contribution is 2.21. The van der Waals surface area contributed by atoms with E-state index in [2.05, 4.69) is 49.5 Å². The fourth-order valence-corrected chi connectivity index (χ4v) is 5.49. The molecule has 0 aliphatic carbocycles. The monoisotopic (exact) mass is 416 g/mol. The van der Waals surface area contributed by atoms with Gasteiger partial charge in [-0.25, -0.2) is 4.98 Å². The second-order valence-corrected chi connectivity index (χ2v) is 9.49. The van der Waals surface area contributed by atoms with Crippen LogP contribution in [0.25, 0.3) is 0 Å². The van der Waals surface area contributed by atoms with Crippen LogP contribution in [0.2, 0.25) is 0 Å². The molecule has 4 heterocycles. The number of nitrogens with one attached hydrogen (secondary N) is 1. The first-order chi connectivity index (χ1) is 14.2. The van der Waals surface area contributed by atoms with Crippen molar-refractivity contribution in [2.24, 2.45) is 10.9 Å². The molecule has 29 heavy (non-hydrogen) atoms. The summed E-state index contributed by atoms with van der Waals surface area (Å²) in [6.45, 7) is 11.0. The molecule has 0 bridgehead atoms. The Kier molecular flexibility index (Phi) is 7.21. The molecule has 0 aromatic carbocycles. The number of likely N-dealkylation sites (tertiary alicyclic amines) is 2. The SMILES string of the molecule is CCc1nc(CN2CCC(CNC(=NC)N3CCC(N4CC=CC4)C3)CC2)cs1. The molecule has 0 saturated carbocycles. The van der Waals surface area contributed by atoms with Gasteiger partial charge in [-0.05, 0) is 44.7 Å². The van der Waals surface area contributed by atoms with Gasteiger partial charge >= 0.3 is 0 Å². The Hall–Kier alpha value is -1.44. The molecule has 4 rings (SSSR count). The van der Waals surface area contributed by atoms with E-state index in [1.165, 1.54) is 43.1 Å². The Bertz CT molecular complexity index is 698. The molecule has 0 radical (unpaired) electrons. The molecule has 2 saturated heterocycles. The molecule has 0 spiro atoms. The summed E-state index contributed by atoms with van der Waals surface area (Å²) in [5.41, 5.74) is 1.25. The van der Waals surface area contributed by atoms with Crippen LogP contribution in [-0.2, 0) is 13.0 Å². The van der Waals surface area contributed by atoms with E-state index in [0.29, 0.717) is 6.04 Å². The quantitative estimate of drug-likeness (QED) is 0.438. The largest absolute Gasteiger partial charge is 0.356 e. The van der Waals surface area contributed by atoms with Crippen molar-refractivity contribution in [2.75, 3.05) is 52.9 Å². The van der Waals surface area contributed by atoms with E-state index >= 15 is 0 Å². The molecule has 1 aromatic heterocycles. The zero-order valence-corrected chi connectivity index (χ0v) is 18.8. The number of hydrogen-bond donors (Lipinski definition) is 1. The molecule has 1 atom stereocenters. The van der Waals surface area contributed by atoms with E-state index in [4.69, 9.17) is 4.98 Å². The van der Waals surface area contributed by atoms with Crippen LogP contribution in [0.1, 0.15) is 36.9 Å². The third kappa shape index (κ3) is 5.38. The maximum Gasteiger partial charge on any atom is 0.193 e. The van der Waals surface area contributed by atoms with Crippen LogP contribution in [0.15, 0.2) is 22.5 Å². The maximum atomic E-state index is 4.73. The molecule has 3 aliphatic heterocycles. The zero-order chi connectivity index (χ0) is 20.1. The van der Waals surface area contributed by atoms with Gasteiger partial charge in [-0.15, -0.1) is 11.3 Å². The van der Waals surface area contributed by atoms with E-state index in [0.717, 1.165) is 57.6 Å². The number of rotatable bonds is 6. The van der Waals surface area contributed by atoms with E-state index in [1.807, 2.05) is 7.05 Å². The Morgan fingerprint density at radius 1 is 1.21 bits per heavy atom. The van der Waals surface area contributed by atoms with Crippen molar-refractivity contribution in [3.8, 4) is 0 Å². The number of piperidine rings is 1. The van der Waals surface area contributed by atoms with Gasteiger partial charge in [0.25, 0.3) is 0 Å². The molecule has 6 nitrogen and oxygen atoms in total. The lowest BCUT2D eigenvalue weighted by Crippen LogP contribution is -2.45. The van der Waals surface area contributed by atoms with Crippen LogP contribution >= 0.6 is 11.3 Å². The number of aryl methyl sites for hydroxylation is 1. The Balaban J connectivity index is 1.17. The van der Waals surface area contributed by atoms with E-state index in [9.17, 15) is 0 Å². The minimum atomic E-state index is 0.672. The number of hydrogen-bond acceptors (Lipinski definition) is 5. The highest BCUT2D eigenvalue weighted by Gasteiger charge is 2.30. The molecule has 3 aliphatic rings. The van der Waals surface area contributed by atoms with Gasteiger partial charge in [0.1, 0.15) is 0 Å². The van der Waals surface area contributed by atoms with Crippen LogP contribution in [0.5, 0.6) is 0 Å².